The maximum atomic E-state index is 5.53. The Kier molecular flexibility index (Phi) is 3.09. The van der Waals surface area contributed by atoms with Gasteiger partial charge >= 0.3 is 0 Å². The summed E-state index contributed by atoms with van der Waals surface area (Å²) in [7, 11) is 0. The quantitative estimate of drug-likeness (QED) is 0.480. The van der Waals surface area contributed by atoms with Crippen LogP contribution in [0.2, 0.25) is 0 Å². The molecule has 0 saturated carbocycles. The molecule has 1 saturated heterocycles. The first kappa shape index (κ1) is 9.96. The second-order valence-electron chi connectivity index (χ2n) is 4.63. The molecular weight excluding hydrogens is 152 g/mol. The van der Waals surface area contributed by atoms with Gasteiger partial charge in [-0.15, -0.1) is 0 Å². The maximum absolute atomic E-state index is 5.53. The molecule has 1 fully saturated rings. The predicted octanol–water partition coefficient (Wildman–Crippen LogP) is 0.901. The van der Waals surface area contributed by atoms with Crippen LogP contribution >= 0.6 is 0 Å². The van der Waals surface area contributed by atoms with Crippen molar-refractivity contribution in [1.29, 1.82) is 0 Å². The summed E-state index contributed by atoms with van der Waals surface area (Å²) in [5.41, 5.74) is 3.12. The molecule has 0 radical (unpaired) electrons. The Morgan fingerprint density at radius 3 is 2.50 bits per heavy atom. The van der Waals surface area contributed by atoms with Crippen LogP contribution in [0.5, 0.6) is 0 Å². The van der Waals surface area contributed by atoms with Crippen LogP contribution in [0.1, 0.15) is 27.2 Å². The second kappa shape index (κ2) is 3.73. The standard InChI is InChI=1S/C9H20N2O/c1-9(2,3)8(11-10)7-4-5-12-6-7/h7-8,11H,4-6,10H2,1-3H3. The van der Waals surface area contributed by atoms with Crippen LogP contribution in [0.3, 0.4) is 0 Å². The van der Waals surface area contributed by atoms with Crippen molar-refractivity contribution in [3.05, 3.63) is 0 Å². The summed E-state index contributed by atoms with van der Waals surface area (Å²) >= 11 is 0. The number of nitrogens with two attached hydrogens (primary N) is 1. The van der Waals surface area contributed by atoms with E-state index in [2.05, 4.69) is 26.2 Å². The number of hydrogen-bond donors (Lipinski definition) is 2. The summed E-state index contributed by atoms with van der Waals surface area (Å²) < 4.78 is 5.34. The molecule has 3 nitrogen and oxygen atoms in total. The molecule has 2 atom stereocenters. The molecule has 2 unspecified atom stereocenters. The fourth-order valence-electron chi connectivity index (χ4n) is 1.91. The summed E-state index contributed by atoms with van der Waals surface area (Å²) in [5, 5.41) is 0. The van der Waals surface area contributed by atoms with Gasteiger partial charge in [0.25, 0.3) is 0 Å². The second-order valence-corrected chi connectivity index (χ2v) is 4.63. The largest absolute Gasteiger partial charge is 0.381 e. The molecule has 1 rings (SSSR count). The molecule has 0 spiro atoms. The molecule has 72 valence electrons. The zero-order chi connectivity index (χ0) is 9.19. The van der Waals surface area contributed by atoms with Crippen LogP contribution in [0, 0.1) is 11.3 Å². The van der Waals surface area contributed by atoms with Gasteiger partial charge in [-0.25, -0.2) is 0 Å². The number of hydrogen-bond acceptors (Lipinski definition) is 3. The Labute approximate surface area is 74.6 Å². The Bertz CT molecular complexity index is 136. The monoisotopic (exact) mass is 172 g/mol. The molecule has 0 bridgehead atoms. The minimum absolute atomic E-state index is 0.215. The smallest absolute Gasteiger partial charge is 0.0510 e. The van der Waals surface area contributed by atoms with Crippen LogP contribution in [0.25, 0.3) is 0 Å². The third-order valence-electron chi connectivity index (χ3n) is 2.55. The lowest BCUT2D eigenvalue weighted by atomic mass is 9.79. The van der Waals surface area contributed by atoms with Crippen LogP contribution < -0.4 is 11.3 Å². The lowest BCUT2D eigenvalue weighted by Crippen LogP contribution is -2.49. The molecule has 0 aromatic carbocycles. The molecule has 0 aliphatic carbocycles. The van der Waals surface area contributed by atoms with Gasteiger partial charge in [0.05, 0.1) is 6.61 Å². The Balaban J connectivity index is 2.54. The Morgan fingerprint density at radius 2 is 2.17 bits per heavy atom. The van der Waals surface area contributed by atoms with E-state index in [1.54, 1.807) is 0 Å². The number of rotatable bonds is 2. The van der Waals surface area contributed by atoms with Crippen LogP contribution in [-0.4, -0.2) is 19.3 Å². The first-order valence-electron chi connectivity index (χ1n) is 4.59. The average Bonchev–Trinajstić information content (AvgIpc) is 2.38. The average molecular weight is 172 g/mol. The summed E-state index contributed by atoms with van der Waals surface area (Å²) in [6.07, 6.45) is 1.13. The molecule has 12 heavy (non-hydrogen) atoms. The zero-order valence-electron chi connectivity index (χ0n) is 8.26. The van der Waals surface area contributed by atoms with E-state index in [4.69, 9.17) is 10.6 Å². The van der Waals surface area contributed by atoms with E-state index in [-0.39, 0.29) is 5.41 Å². The van der Waals surface area contributed by atoms with E-state index in [1.165, 1.54) is 0 Å². The van der Waals surface area contributed by atoms with Crippen molar-refractivity contribution in [1.82, 2.24) is 5.43 Å². The fourth-order valence-corrected chi connectivity index (χ4v) is 1.91. The van der Waals surface area contributed by atoms with Gasteiger partial charge in [0, 0.05) is 18.6 Å². The zero-order valence-corrected chi connectivity index (χ0v) is 8.26. The van der Waals surface area contributed by atoms with Crippen LogP contribution in [0.4, 0.5) is 0 Å². The van der Waals surface area contributed by atoms with E-state index in [0.717, 1.165) is 19.6 Å². The molecule has 0 aromatic rings. The van der Waals surface area contributed by atoms with E-state index in [1.807, 2.05) is 0 Å². The van der Waals surface area contributed by atoms with Gasteiger partial charge in [0.1, 0.15) is 0 Å². The lowest BCUT2D eigenvalue weighted by Gasteiger charge is -2.34. The highest BCUT2D eigenvalue weighted by Gasteiger charge is 2.33. The molecule has 3 N–H and O–H groups in total. The normalized spacial score (nSPS) is 27.5. The third kappa shape index (κ3) is 2.19. The van der Waals surface area contributed by atoms with E-state index < -0.39 is 0 Å². The van der Waals surface area contributed by atoms with Crippen molar-refractivity contribution in [3.63, 3.8) is 0 Å². The van der Waals surface area contributed by atoms with Gasteiger partial charge in [-0.3, -0.25) is 11.3 Å². The molecule has 1 aliphatic rings. The number of hydrazine groups is 1. The number of nitrogens with one attached hydrogen (secondary N) is 1. The minimum atomic E-state index is 0.215. The Morgan fingerprint density at radius 1 is 1.50 bits per heavy atom. The predicted molar refractivity (Wildman–Crippen MR) is 49.5 cm³/mol. The van der Waals surface area contributed by atoms with Crippen molar-refractivity contribution in [2.75, 3.05) is 13.2 Å². The van der Waals surface area contributed by atoms with Gasteiger partial charge in [-0.2, -0.15) is 0 Å². The van der Waals surface area contributed by atoms with Crippen molar-refractivity contribution in [3.8, 4) is 0 Å². The molecular formula is C9H20N2O. The maximum Gasteiger partial charge on any atom is 0.0510 e. The summed E-state index contributed by atoms with van der Waals surface area (Å²) in [4.78, 5) is 0. The highest BCUT2D eigenvalue weighted by atomic mass is 16.5. The van der Waals surface area contributed by atoms with Gasteiger partial charge in [0.15, 0.2) is 0 Å². The minimum Gasteiger partial charge on any atom is -0.381 e. The molecule has 0 amide bonds. The summed E-state index contributed by atoms with van der Waals surface area (Å²) in [5.74, 6) is 6.11. The topological polar surface area (TPSA) is 47.3 Å². The highest BCUT2D eigenvalue weighted by molar-refractivity contribution is 4.86. The van der Waals surface area contributed by atoms with E-state index >= 15 is 0 Å². The molecule has 3 heteroatoms. The number of ether oxygens (including phenoxy) is 1. The van der Waals surface area contributed by atoms with Crippen molar-refractivity contribution >= 4 is 0 Å². The Hall–Kier alpha value is -0.120. The van der Waals surface area contributed by atoms with Gasteiger partial charge in [0.2, 0.25) is 0 Å². The van der Waals surface area contributed by atoms with Gasteiger partial charge < -0.3 is 4.74 Å². The summed E-state index contributed by atoms with van der Waals surface area (Å²) in [6, 6.07) is 0.361. The van der Waals surface area contributed by atoms with Gasteiger partial charge in [-0.1, -0.05) is 20.8 Å². The lowest BCUT2D eigenvalue weighted by molar-refractivity contribution is 0.145. The molecule has 1 aliphatic heterocycles. The fraction of sp³-hybridized carbons (Fsp3) is 1.00. The van der Waals surface area contributed by atoms with Crippen molar-refractivity contribution in [2.45, 2.75) is 33.2 Å². The highest BCUT2D eigenvalue weighted by Crippen LogP contribution is 2.29. The van der Waals surface area contributed by atoms with Crippen LogP contribution in [-0.2, 0) is 4.74 Å². The van der Waals surface area contributed by atoms with Crippen molar-refractivity contribution < 1.29 is 4.74 Å². The van der Waals surface area contributed by atoms with Crippen LogP contribution in [0.15, 0.2) is 0 Å². The summed E-state index contributed by atoms with van der Waals surface area (Å²) in [6.45, 7) is 8.35. The molecule has 0 aromatic heterocycles. The third-order valence-corrected chi connectivity index (χ3v) is 2.55. The van der Waals surface area contributed by atoms with Gasteiger partial charge in [-0.05, 0) is 11.8 Å². The van der Waals surface area contributed by atoms with Crippen molar-refractivity contribution in [2.24, 2.45) is 17.2 Å². The van der Waals surface area contributed by atoms with E-state index in [0.29, 0.717) is 12.0 Å². The first-order valence-corrected chi connectivity index (χ1v) is 4.59. The SMILES string of the molecule is CC(C)(C)C(NN)C1CCOC1. The van der Waals surface area contributed by atoms with E-state index in [9.17, 15) is 0 Å². The first-order chi connectivity index (χ1) is 5.55. The molecule has 1 heterocycles.